The first-order chi connectivity index (χ1) is 7.36. The average Bonchev–Trinajstić information content (AvgIpc) is 2.28. The minimum atomic E-state index is 0.375. The van der Waals surface area contributed by atoms with Crippen molar-refractivity contribution >= 4 is 19.4 Å². The standard InChI is InChI=1S/C13H16OSe/c1-3-4-8-13(11-14-2)15-12-9-6-5-7-10-12/h3,5-10H,1,4,11H2,2H3/b13-8-. The van der Waals surface area contributed by atoms with Gasteiger partial charge in [0.15, 0.2) is 0 Å². The van der Waals surface area contributed by atoms with Crippen LogP contribution in [0.15, 0.2) is 53.5 Å². The molecular formula is C13H16OSe. The fraction of sp³-hybridized carbons (Fsp3) is 0.231. The Balaban J connectivity index is 2.62. The van der Waals surface area contributed by atoms with Crippen LogP contribution in [0.2, 0.25) is 0 Å². The van der Waals surface area contributed by atoms with Gasteiger partial charge in [0.2, 0.25) is 0 Å². The minimum absolute atomic E-state index is 0.375. The Morgan fingerprint density at radius 1 is 1.40 bits per heavy atom. The van der Waals surface area contributed by atoms with Gasteiger partial charge in [0.25, 0.3) is 0 Å². The molecule has 0 aliphatic heterocycles. The maximum atomic E-state index is 5.19. The second kappa shape index (κ2) is 7.47. The van der Waals surface area contributed by atoms with Crippen LogP contribution < -0.4 is 4.46 Å². The van der Waals surface area contributed by atoms with Gasteiger partial charge in [-0.2, -0.15) is 0 Å². The zero-order chi connectivity index (χ0) is 10.9. The van der Waals surface area contributed by atoms with Gasteiger partial charge in [-0.25, -0.2) is 0 Å². The molecule has 0 aromatic heterocycles. The van der Waals surface area contributed by atoms with Gasteiger partial charge in [-0.15, -0.1) is 0 Å². The number of allylic oxidation sites excluding steroid dienone is 2. The molecule has 1 aromatic rings. The fourth-order valence-electron chi connectivity index (χ4n) is 1.13. The summed E-state index contributed by atoms with van der Waals surface area (Å²) in [6.45, 7) is 4.45. The molecule has 0 spiro atoms. The molecule has 0 saturated heterocycles. The van der Waals surface area contributed by atoms with Crippen LogP contribution in [0.4, 0.5) is 0 Å². The predicted octanol–water partition coefficient (Wildman–Crippen LogP) is 2.12. The summed E-state index contributed by atoms with van der Waals surface area (Å²) in [6.07, 6.45) is 5.05. The van der Waals surface area contributed by atoms with E-state index in [1.807, 2.05) is 12.1 Å². The van der Waals surface area contributed by atoms with Gasteiger partial charge in [-0.05, 0) is 0 Å². The van der Waals surface area contributed by atoms with Crippen LogP contribution in [-0.2, 0) is 4.74 Å². The van der Waals surface area contributed by atoms with E-state index >= 15 is 0 Å². The van der Waals surface area contributed by atoms with Crippen molar-refractivity contribution in [2.24, 2.45) is 0 Å². The zero-order valence-corrected chi connectivity index (χ0v) is 10.7. The molecule has 0 radical (unpaired) electrons. The van der Waals surface area contributed by atoms with Crippen molar-refractivity contribution in [3.8, 4) is 0 Å². The summed E-state index contributed by atoms with van der Waals surface area (Å²) in [5, 5.41) is 0. The number of ether oxygens (including phenoxy) is 1. The molecule has 0 amide bonds. The molecule has 0 saturated carbocycles. The van der Waals surface area contributed by atoms with E-state index in [0.29, 0.717) is 15.0 Å². The van der Waals surface area contributed by atoms with E-state index < -0.39 is 0 Å². The van der Waals surface area contributed by atoms with Crippen molar-refractivity contribution in [1.82, 2.24) is 0 Å². The van der Waals surface area contributed by atoms with Gasteiger partial charge in [0, 0.05) is 0 Å². The number of methoxy groups -OCH3 is 1. The molecule has 0 atom stereocenters. The van der Waals surface area contributed by atoms with Crippen molar-refractivity contribution in [1.29, 1.82) is 0 Å². The van der Waals surface area contributed by atoms with E-state index in [0.717, 1.165) is 13.0 Å². The molecular weight excluding hydrogens is 251 g/mol. The average molecular weight is 267 g/mol. The third kappa shape index (κ3) is 4.98. The van der Waals surface area contributed by atoms with Gasteiger partial charge in [0.1, 0.15) is 0 Å². The Morgan fingerprint density at radius 2 is 2.13 bits per heavy atom. The predicted molar refractivity (Wildman–Crippen MR) is 66.6 cm³/mol. The van der Waals surface area contributed by atoms with Crippen molar-refractivity contribution in [2.75, 3.05) is 13.7 Å². The quantitative estimate of drug-likeness (QED) is 0.566. The topological polar surface area (TPSA) is 9.23 Å². The number of benzene rings is 1. The molecule has 0 aliphatic rings. The van der Waals surface area contributed by atoms with Gasteiger partial charge >= 0.3 is 97.8 Å². The van der Waals surface area contributed by atoms with Gasteiger partial charge in [-0.3, -0.25) is 0 Å². The molecule has 1 aromatic carbocycles. The summed E-state index contributed by atoms with van der Waals surface area (Å²) in [5.41, 5.74) is 0. The Bertz CT molecular complexity index is 317. The van der Waals surface area contributed by atoms with Crippen molar-refractivity contribution in [3.63, 3.8) is 0 Å². The number of hydrogen-bond donors (Lipinski definition) is 0. The second-order valence-corrected chi connectivity index (χ2v) is 5.56. The SMILES string of the molecule is C=CC/C=C(/COC)[Se]c1ccccc1. The van der Waals surface area contributed by atoms with Crippen molar-refractivity contribution in [3.05, 3.63) is 53.5 Å². The first-order valence-electron chi connectivity index (χ1n) is 4.88. The number of hydrogen-bond acceptors (Lipinski definition) is 1. The molecule has 80 valence electrons. The first kappa shape index (κ1) is 12.3. The van der Waals surface area contributed by atoms with Crippen LogP contribution in [0.25, 0.3) is 0 Å². The van der Waals surface area contributed by atoms with E-state index in [9.17, 15) is 0 Å². The van der Waals surface area contributed by atoms with E-state index in [1.54, 1.807) is 7.11 Å². The van der Waals surface area contributed by atoms with Crippen LogP contribution >= 0.6 is 0 Å². The molecule has 0 aliphatic carbocycles. The Labute approximate surface area is 98.0 Å². The Hall–Kier alpha value is -0.821. The van der Waals surface area contributed by atoms with Crippen LogP contribution in [-0.4, -0.2) is 28.7 Å². The molecule has 15 heavy (non-hydrogen) atoms. The summed E-state index contributed by atoms with van der Waals surface area (Å²) >= 11 is 0.375. The summed E-state index contributed by atoms with van der Waals surface area (Å²) in [5.74, 6) is 0. The van der Waals surface area contributed by atoms with E-state index in [-0.39, 0.29) is 0 Å². The molecule has 0 fully saturated rings. The molecule has 0 unspecified atom stereocenters. The third-order valence-electron chi connectivity index (χ3n) is 1.79. The van der Waals surface area contributed by atoms with Crippen LogP contribution in [0.1, 0.15) is 6.42 Å². The summed E-state index contributed by atoms with van der Waals surface area (Å²) in [6, 6.07) is 10.5. The molecule has 0 N–H and O–H groups in total. The molecule has 2 heteroatoms. The normalized spacial score (nSPS) is 11.4. The molecule has 0 heterocycles. The van der Waals surface area contributed by atoms with Gasteiger partial charge in [0.05, 0.1) is 0 Å². The second-order valence-electron chi connectivity index (χ2n) is 3.04. The summed E-state index contributed by atoms with van der Waals surface area (Å²) < 4.78 is 7.94. The first-order valence-corrected chi connectivity index (χ1v) is 6.60. The summed E-state index contributed by atoms with van der Waals surface area (Å²) in [4.78, 5) is 0. The molecule has 1 rings (SSSR count). The fourth-order valence-corrected chi connectivity index (χ4v) is 3.13. The zero-order valence-electron chi connectivity index (χ0n) is 8.98. The maximum absolute atomic E-state index is 5.19. The van der Waals surface area contributed by atoms with Crippen LogP contribution in [0, 0.1) is 0 Å². The number of rotatable bonds is 6. The van der Waals surface area contributed by atoms with Gasteiger partial charge in [-0.1, -0.05) is 0 Å². The monoisotopic (exact) mass is 268 g/mol. The van der Waals surface area contributed by atoms with E-state index in [2.05, 4.69) is 36.9 Å². The third-order valence-corrected chi connectivity index (χ3v) is 4.00. The van der Waals surface area contributed by atoms with Crippen LogP contribution in [0.3, 0.4) is 0 Å². The Kier molecular flexibility index (Phi) is 6.10. The summed E-state index contributed by atoms with van der Waals surface area (Å²) in [7, 11) is 1.74. The Morgan fingerprint density at radius 3 is 2.73 bits per heavy atom. The van der Waals surface area contributed by atoms with E-state index in [4.69, 9.17) is 4.74 Å². The van der Waals surface area contributed by atoms with E-state index in [1.165, 1.54) is 8.93 Å². The van der Waals surface area contributed by atoms with Crippen molar-refractivity contribution < 1.29 is 4.74 Å². The molecule has 0 bridgehead atoms. The van der Waals surface area contributed by atoms with Gasteiger partial charge < -0.3 is 0 Å². The van der Waals surface area contributed by atoms with Crippen molar-refractivity contribution in [2.45, 2.75) is 6.42 Å². The molecule has 1 nitrogen and oxygen atoms in total. The van der Waals surface area contributed by atoms with Crippen LogP contribution in [0.5, 0.6) is 0 Å².